The zero-order valence-electron chi connectivity index (χ0n) is 10.7. The van der Waals surface area contributed by atoms with Crippen molar-refractivity contribution in [3.8, 4) is 0 Å². The average Bonchev–Trinajstić information content (AvgIpc) is 2.30. The Morgan fingerprint density at radius 1 is 1.06 bits per heavy atom. The van der Waals surface area contributed by atoms with E-state index in [9.17, 15) is 13.6 Å². The van der Waals surface area contributed by atoms with Crippen LogP contribution in [0.1, 0.15) is 43.5 Å². The minimum atomic E-state index is -0.685. The van der Waals surface area contributed by atoms with Crippen molar-refractivity contribution in [2.45, 2.75) is 33.1 Å². The average molecular weight is 252 g/mol. The van der Waals surface area contributed by atoms with Crippen LogP contribution in [-0.2, 0) is 0 Å². The van der Waals surface area contributed by atoms with Crippen LogP contribution in [0, 0.1) is 29.4 Å². The van der Waals surface area contributed by atoms with Crippen molar-refractivity contribution in [3.05, 3.63) is 35.4 Å². The molecule has 0 heterocycles. The molecule has 0 aliphatic heterocycles. The molecule has 1 aromatic rings. The molecular formula is C15H18F2O. The first-order valence-electron chi connectivity index (χ1n) is 6.47. The summed E-state index contributed by atoms with van der Waals surface area (Å²) in [6, 6.07) is 3.06. The van der Waals surface area contributed by atoms with Crippen molar-refractivity contribution in [1.82, 2.24) is 0 Å². The van der Waals surface area contributed by atoms with E-state index in [1.807, 2.05) is 0 Å². The van der Waals surface area contributed by atoms with Gasteiger partial charge in [-0.15, -0.1) is 0 Å². The van der Waals surface area contributed by atoms with Gasteiger partial charge in [0.25, 0.3) is 0 Å². The summed E-state index contributed by atoms with van der Waals surface area (Å²) in [7, 11) is 0. The second kappa shape index (κ2) is 5.17. The second-order valence-electron chi connectivity index (χ2n) is 5.49. The predicted octanol–water partition coefficient (Wildman–Crippen LogP) is 4.22. The van der Waals surface area contributed by atoms with Crippen LogP contribution < -0.4 is 0 Å². The molecule has 0 aromatic heterocycles. The fourth-order valence-electron chi connectivity index (χ4n) is 2.72. The molecule has 2 rings (SSSR count). The van der Waals surface area contributed by atoms with Gasteiger partial charge in [0.15, 0.2) is 5.78 Å². The quantitative estimate of drug-likeness (QED) is 0.720. The third-order valence-corrected chi connectivity index (χ3v) is 4.12. The Kier molecular flexibility index (Phi) is 3.79. The van der Waals surface area contributed by atoms with Gasteiger partial charge in [-0.3, -0.25) is 4.79 Å². The van der Waals surface area contributed by atoms with Gasteiger partial charge >= 0.3 is 0 Å². The van der Waals surface area contributed by atoms with E-state index in [-0.39, 0.29) is 17.3 Å². The lowest BCUT2D eigenvalue weighted by atomic mass is 9.73. The molecule has 1 fully saturated rings. The molecule has 1 aliphatic carbocycles. The van der Waals surface area contributed by atoms with E-state index in [1.54, 1.807) is 0 Å². The Labute approximate surface area is 106 Å². The van der Waals surface area contributed by atoms with E-state index >= 15 is 0 Å². The fraction of sp³-hybridized carbons (Fsp3) is 0.533. The summed E-state index contributed by atoms with van der Waals surface area (Å²) in [5, 5.41) is 0. The maximum absolute atomic E-state index is 13.1. The Hall–Kier alpha value is -1.25. The van der Waals surface area contributed by atoms with Gasteiger partial charge in [0.05, 0.1) is 0 Å². The number of hydrogen-bond donors (Lipinski definition) is 0. The Morgan fingerprint density at radius 2 is 1.67 bits per heavy atom. The SMILES string of the molecule is CC1CCC(C(=O)c2cc(F)cc(F)c2)CC1C. The highest BCUT2D eigenvalue weighted by atomic mass is 19.1. The lowest BCUT2D eigenvalue weighted by Gasteiger charge is -2.31. The monoisotopic (exact) mass is 252 g/mol. The van der Waals surface area contributed by atoms with Crippen LogP contribution in [0.4, 0.5) is 8.78 Å². The van der Waals surface area contributed by atoms with Gasteiger partial charge in [-0.05, 0) is 43.2 Å². The standard InChI is InChI=1S/C15H18F2O/c1-9-3-4-11(5-10(9)2)15(18)12-6-13(16)8-14(17)7-12/h6-11H,3-5H2,1-2H3. The van der Waals surface area contributed by atoms with Crippen LogP contribution in [0.2, 0.25) is 0 Å². The number of rotatable bonds is 2. The minimum absolute atomic E-state index is 0.0857. The predicted molar refractivity (Wildman–Crippen MR) is 66.4 cm³/mol. The van der Waals surface area contributed by atoms with Crippen molar-refractivity contribution in [3.63, 3.8) is 0 Å². The number of carbonyl (C=O) groups is 1. The molecule has 18 heavy (non-hydrogen) atoms. The first-order chi connectivity index (χ1) is 8.47. The molecule has 1 saturated carbocycles. The summed E-state index contributed by atoms with van der Waals surface area (Å²) in [6.07, 6.45) is 2.65. The van der Waals surface area contributed by atoms with Gasteiger partial charge in [-0.1, -0.05) is 13.8 Å². The number of ketones is 1. The lowest BCUT2D eigenvalue weighted by Crippen LogP contribution is -2.26. The van der Waals surface area contributed by atoms with Crippen molar-refractivity contribution in [2.24, 2.45) is 17.8 Å². The van der Waals surface area contributed by atoms with Crippen LogP contribution in [0.3, 0.4) is 0 Å². The van der Waals surface area contributed by atoms with Crippen molar-refractivity contribution < 1.29 is 13.6 Å². The first kappa shape index (κ1) is 13.2. The highest BCUT2D eigenvalue weighted by molar-refractivity contribution is 5.97. The van der Waals surface area contributed by atoms with Gasteiger partial charge in [0.1, 0.15) is 11.6 Å². The van der Waals surface area contributed by atoms with Gasteiger partial charge < -0.3 is 0 Å². The van der Waals surface area contributed by atoms with E-state index in [0.29, 0.717) is 11.8 Å². The van der Waals surface area contributed by atoms with Crippen molar-refractivity contribution >= 4 is 5.78 Å². The smallest absolute Gasteiger partial charge is 0.166 e. The van der Waals surface area contributed by atoms with E-state index in [2.05, 4.69) is 13.8 Å². The molecule has 0 spiro atoms. The first-order valence-corrected chi connectivity index (χ1v) is 6.47. The van der Waals surface area contributed by atoms with Crippen LogP contribution in [0.5, 0.6) is 0 Å². The lowest BCUT2D eigenvalue weighted by molar-refractivity contribution is 0.0836. The second-order valence-corrected chi connectivity index (χ2v) is 5.49. The highest BCUT2D eigenvalue weighted by Gasteiger charge is 2.29. The van der Waals surface area contributed by atoms with Crippen LogP contribution in [0.15, 0.2) is 18.2 Å². The molecule has 3 heteroatoms. The molecule has 0 N–H and O–H groups in total. The molecule has 0 amide bonds. The largest absolute Gasteiger partial charge is 0.294 e. The number of carbonyl (C=O) groups excluding carboxylic acids is 1. The maximum Gasteiger partial charge on any atom is 0.166 e. The summed E-state index contributed by atoms with van der Waals surface area (Å²) >= 11 is 0. The van der Waals surface area contributed by atoms with Gasteiger partial charge in [0.2, 0.25) is 0 Å². The van der Waals surface area contributed by atoms with E-state index in [0.717, 1.165) is 37.5 Å². The molecular weight excluding hydrogens is 234 g/mol. The molecule has 1 nitrogen and oxygen atoms in total. The zero-order chi connectivity index (χ0) is 13.3. The highest BCUT2D eigenvalue weighted by Crippen LogP contribution is 2.35. The zero-order valence-corrected chi connectivity index (χ0v) is 10.7. The molecule has 1 aliphatic rings. The number of Topliss-reactive ketones (excluding diaryl/α,β-unsaturated/α-hetero) is 1. The minimum Gasteiger partial charge on any atom is -0.294 e. The molecule has 1 aromatic carbocycles. The summed E-state index contributed by atoms with van der Waals surface area (Å²) in [5.41, 5.74) is 0.166. The van der Waals surface area contributed by atoms with Gasteiger partial charge in [-0.2, -0.15) is 0 Å². The molecule has 3 unspecified atom stereocenters. The van der Waals surface area contributed by atoms with E-state index in [1.165, 1.54) is 0 Å². The van der Waals surface area contributed by atoms with E-state index in [4.69, 9.17) is 0 Å². The van der Waals surface area contributed by atoms with Gasteiger partial charge in [-0.25, -0.2) is 8.78 Å². The van der Waals surface area contributed by atoms with Crippen LogP contribution >= 0.6 is 0 Å². The number of halogens is 2. The topological polar surface area (TPSA) is 17.1 Å². The fourth-order valence-corrected chi connectivity index (χ4v) is 2.72. The van der Waals surface area contributed by atoms with Crippen LogP contribution in [-0.4, -0.2) is 5.78 Å². The summed E-state index contributed by atoms with van der Waals surface area (Å²) in [4.78, 5) is 12.2. The summed E-state index contributed by atoms with van der Waals surface area (Å²) in [5.74, 6) is -0.458. The maximum atomic E-state index is 13.1. The Morgan fingerprint density at radius 3 is 2.22 bits per heavy atom. The number of hydrogen-bond acceptors (Lipinski definition) is 1. The normalized spacial score (nSPS) is 28.1. The summed E-state index contributed by atoms with van der Waals surface area (Å²) < 4.78 is 26.2. The van der Waals surface area contributed by atoms with E-state index < -0.39 is 11.6 Å². The molecule has 98 valence electrons. The van der Waals surface area contributed by atoms with Crippen molar-refractivity contribution in [2.75, 3.05) is 0 Å². The third kappa shape index (κ3) is 2.77. The number of benzene rings is 1. The molecule has 0 saturated heterocycles. The Balaban J connectivity index is 2.16. The Bertz CT molecular complexity index is 436. The van der Waals surface area contributed by atoms with Crippen LogP contribution in [0.25, 0.3) is 0 Å². The van der Waals surface area contributed by atoms with Crippen molar-refractivity contribution in [1.29, 1.82) is 0 Å². The summed E-state index contributed by atoms with van der Waals surface area (Å²) in [6.45, 7) is 4.32. The van der Waals surface area contributed by atoms with Gasteiger partial charge in [0, 0.05) is 17.5 Å². The third-order valence-electron chi connectivity index (χ3n) is 4.12. The molecule has 3 atom stereocenters. The molecule has 0 bridgehead atoms. The molecule has 0 radical (unpaired) electrons.